The molecule has 0 bridgehead atoms. The molecule has 1 N–H and O–H groups in total. The highest BCUT2D eigenvalue weighted by atomic mass is 16.2. The summed E-state index contributed by atoms with van der Waals surface area (Å²) >= 11 is 0. The smallest absolute Gasteiger partial charge is 0.222 e. The SMILES string of the molecule is Cn1cc(CN2CCN(C(=O)CCC3CCNCC3)CC2)cn1. The van der Waals surface area contributed by atoms with E-state index in [-0.39, 0.29) is 0 Å². The zero-order valence-corrected chi connectivity index (χ0v) is 14.2. The molecular weight excluding hydrogens is 290 g/mol. The van der Waals surface area contributed by atoms with Crippen LogP contribution in [0.1, 0.15) is 31.2 Å². The molecule has 0 unspecified atom stereocenters. The van der Waals surface area contributed by atoms with Gasteiger partial charge < -0.3 is 10.2 Å². The molecule has 3 rings (SSSR count). The molecule has 2 aliphatic heterocycles. The van der Waals surface area contributed by atoms with Crippen molar-refractivity contribution in [1.82, 2.24) is 24.9 Å². The first-order valence-corrected chi connectivity index (χ1v) is 8.89. The van der Waals surface area contributed by atoms with Crippen LogP contribution in [0, 0.1) is 5.92 Å². The molecule has 2 saturated heterocycles. The van der Waals surface area contributed by atoms with Crippen molar-refractivity contribution in [2.75, 3.05) is 39.3 Å². The van der Waals surface area contributed by atoms with Gasteiger partial charge in [0.05, 0.1) is 6.20 Å². The number of hydrogen-bond acceptors (Lipinski definition) is 4. The Balaban J connectivity index is 1.37. The quantitative estimate of drug-likeness (QED) is 0.874. The molecule has 0 aliphatic carbocycles. The van der Waals surface area contributed by atoms with Crippen molar-refractivity contribution in [1.29, 1.82) is 0 Å². The van der Waals surface area contributed by atoms with Gasteiger partial charge in [-0.3, -0.25) is 14.4 Å². The Kier molecular flexibility index (Phi) is 5.67. The lowest BCUT2D eigenvalue weighted by atomic mass is 9.93. The number of hydrogen-bond donors (Lipinski definition) is 1. The van der Waals surface area contributed by atoms with Crippen molar-refractivity contribution in [2.24, 2.45) is 13.0 Å². The number of piperidine rings is 1. The van der Waals surface area contributed by atoms with E-state index in [1.165, 1.54) is 18.4 Å². The fraction of sp³-hybridized carbons (Fsp3) is 0.765. The fourth-order valence-electron chi connectivity index (χ4n) is 3.62. The number of piperazine rings is 1. The molecule has 6 heteroatoms. The maximum Gasteiger partial charge on any atom is 0.222 e. The van der Waals surface area contributed by atoms with Crippen LogP contribution in [0.5, 0.6) is 0 Å². The third kappa shape index (κ3) is 4.78. The minimum Gasteiger partial charge on any atom is -0.340 e. The van der Waals surface area contributed by atoms with E-state index in [9.17, 15) is 4.79 Å². The van der Waals surface area contributed by atoms with Gasteiger partial charge in [-0.1, -0.05) is 0 Å². The number of nitrogens with one attached hydrogen (secondary N) is 1. The molecular formula is C17H29N5O. The number of carbonyl (C=O) groups is 1. The van der Waals surface area contributed by atoms with E-state index >= 15 is 0 Å². The van der Waals surface area contributed by atoms with E-state index < -0.39 is 0 Å². The van der Waals surface area contributed by atoms with Crippen molar-refractivity contribution in [3.05, 3.63) is 18.0 Å². The first-order valence-electron chi connectivity index (χ1n) is 8.89. The van der Waals surface area contributed by atoms with E-state index in [4.69, 9.17) is 0 Å². The third-order valence-electron chi connectivity index (χ3n) is 5.11. The highest BCUT2D eigenvalue weighted by Gasteiger charge is 2.22. The van der Waals surface area contributed by atoms with Gasteiger partial charge in [0.25, 0.3) is 0 Å². The van der Waals surface area contributed by atoms with Gasteiger partial charge in [0.1, 0.15) is 0 Å². The Hall–Kier alpha value is -1.40. The minimum absolute atomic E-state index is 0.351. The summed E-state index contributed by atoms with van der Waals surface area (Å²) in [5, 5.41) is 7.60. The standard InChI is InChI=1S/C17H29N5O/c1-20-13-16(12-19-20)14-21-8-10-22(11-9-21)17(23)3-2-15-4-6-18-7-5-15/h12-13,15,18H,2-11,14H2,1H3. The summed E-state index contributed by atoms with van der Waals surface area (Å²) in [7, 11) is 1.95. The first-order chi connectivity index (χ1) is 11.2. The Labute approximate surface area is 138 Å². The third-order valence-corrected chi connectivity index (χ3v) is 5.11. The predicted octanol–water partition coefficient (Wildman–Crippen LogP) is 0.844. The van der Waals surface area contributed by atoms with Crippen LogP contribution >= 0.6 is 0 Å². The van der Waals surface area contributed by atoms with Crippen molar-refractivity contribution in [3.63, 3.8) is 0 Å². The molecule has 2 fully saturated rings. The van der Waals surface area contributed by atoms with E-state index in [2.05, 4.69) is 26.4 Å². The summed E-state index contributed by atoms with van der Waals surface area (Å²) in [6, 6.07) is 0. The molecule has 23 heavy (non-hydrogen) atoms. The lowest BCUT2D eigenvalue weighted by molar-refractivity contribution is -0.133. The monoisotopic (exact) mass is 319 g/mol. The maximum absolute atomic E-state index is 12.4. The van der Waals surface area contributed by atoms with Crippen LogP contribution in [0.25, 0.3) is 0 Å². The summed E-state index contributed by atoms with van der Waals surface area (Å²) in [5.41, 5.74) is 1.25. The zero-order chi connectivity index (χ0) is 16.1. The van der Waals surface area contributed by atoms with Crippen molar-refractivity contribution >= 4 is 5.91 Å². The van der Waals surface area contributed by atoms with Gasteiger partial charge in [0, 0.05) is 58.0 Å². The van der Waals surface area contributed by atoms with Crippen molar-refractivity contribution in [2.45, 2.75) is 32.2 Å². The van der Waals surface area contributed by atoms with Gasteiger partial charge >= 0.3 is 0 Å². The van der Waals surface area contributed by atoms with Gasteiger partial charge in [-0.2, -0.15) is 5.10 Å². The molecule has 0 atom stereocenters. The van der Waals surface area contributed by atoms with Crippen LogP contribution in [0.15, 0.2) is 12.4 Å². The number of aryl methyl sites for hydroxylation is 1. The summed E-state index contributed by atoms with van der Waals surface area (Å²) in [6.07, 6.45) is 8.25. The van der Waals surface area contributed by atoms with Crippen molar-refractivity contribution in [3.8, 4) is 0 Å². The van der Waals surface area contributed by atoms with Gasteiger partial charge in [0.2, 0.25) is 5.91 Å². The highest BCUT2D eigenvalue weighted by Crippen LogP contribution is 2.19. The predicted molar refractivity (Wildman–Crippen MR) is 89.9 cm³/mol. The van der Waals surface area contributed by atoms with Crippen LogP contribution in [0.3, 0.4) is 0 Å². The molecule has 3 heterocycles. The van der Waals surface area contributed by atoms with E-state index in [0.29, 0.717) is 5.91 Å². The highest BCUT2D eigenvalue weighted by molar-refractivity contribution is 5.76. The van der Waals surface area contributed by atoms with E-state index in [1.807, 2.05) is 17.9 Å². The number of carbonyl (C=O) groups excluding carboxylic acids is 1. The fourth-order valence-corrected chi connectivity index (χ4v) is 3.62. The second kappa shape index (κ2) is 7.93. The molecule has 6 nitrogen and oxygen atoms in total. The Morgan fingerprint density at radius 3 is 2.65 bits per heavy atom. The molecule has 1 amide bonds. The van der Waals surface area contributed by atoms with Crippen LogP contribution < -0.4 is 5.32 Å². The number of rotatable bonds is 5. The summed E-state index contributed by atoms with van der Waals surface area (Å²) in [4.78, 5) is 16.9. The number of amides is 1. The minimum atomic E-state index is 0.351. The molecule has 2 aliphatic rings. The van der Waals surface area contributed by atoms with Crippen LogP contribution in [-0.4, -0.2) is 64.8 Å². The summed E-state index contributed by atoms with van der Waals surface area (Å²) in [6.45, 7) is 6.83. The van der Waals surface area contributed by atoms with Gasteiger partial charge in [-0.25, -0.2) is 0 Å². The largest absolute Gasteiger partial charge is 0.340 e. The maximum atomic E-state index is 12.4. The number of nitrogens with zero attached hydrogens (tertiary/aromatic N) is 4. The van der Waals surface area contributed by atoms with Crippen LogP contribution in [0.2, 0.25) is 0 Å². The average molecular weight is 319 g/mol. The Morgan fingerprint density at radius 2 is 2.00 bits per heavy atom. The summed E-state index contributed by atoms with van der Waals surface area (Å²) in [5.74, 6) is 1.09. The Bertz CT molecular complexity index is 501. The number of aromatic nitrogens is 2. The molecule has 0 spiro atoms. The topological polar surface area (TPSA) is 53.4 Å². The van der Waals surface area contributed by atoms with Crippen LogP contribution in [-0.2, 0) is 18.4 Å². The average Bonchev–Trinajstić information content (AvgIpc) is 2.99. The van der Waals surface area contributed by atoms with Crippen LogP contribution in [0.4, 0.5) is 0 Å². The van der Waals surface area contributed by atoms with E-state index in [1.54, 1.807) is 0 Å². The van der Waals surface area contributed by atoms with Gasteiger partial charge in [-0.15, -0.1) is 0 Å². The second-order valence-electron chi connectivity index (χ2n) is 6.91. The molecule has 0 radical (unpaired) electrons. The molecule has 1 aromatic heterocycles. The molecule has 128 valence electrons. The van der Waals surface area contributed by atoms with Crippen molar-refractivity contribution < 1.29 is 4.79 Å². The van der Waals surface area contributed by atoms with Gasteiger partial charge in [0.15, 0.2) is 0 Å². The Morgan fingerprint density at radius 1 is 1.26 bits per heavy atom. The lowest BCUT2D eigenvalue weighted by Crippen LogP contribution is -2.48. The summed E-state index contributed by atoms with van der Waals surface area (Å²) < 4.78 is 1.84. The molecule has 0 saturated carbocycles. The normalized spacial score (nSPS) is 20.8. The van der Waals surface area contributed by atoms with Gasteiger partial charge in [-0.05, 0) is 38.3 Å². The first kappa shape index (κ1) is 16.5. The lowest BCUT2D eigenvalue weighted by Gasteiger charge is -2.35. The second-order valence-corrected chi connectivity index (χ2v) is 6.91. The molecule has 0 aromatic carbocycles. The molecule has 1 aromatic rings. The van der Waals surface area contributed by atoms with E-state index in [0.717, 1.165) is 64.6 Å². The zero-order valence-electron chi connectivity index (χ0n) is 14.2.